The van der Waals surface area contributed by atoms with E-state index in [9.17, 15) is 4.79 Å². The highest BCUT2D eigenvalue weighted by Crippen LogP contribution is 2.18. The number of H-pyrrole nitrogens is 1. The highest BCUT2D eigenvalue weighted by atomic mass is 16.1. The number of aromatic amines is 1. The summed E-state index contributed by atoms with van der Waals surface area (Å²) in [5.41, 5.74) is 1.73. The average molecular weight is 199 g/mol. The molecule has 0 bridgehead atoms. The van der Waals surface area contributed by atoms with Gasteiger partial charge in [-0.05, 0) is 18.2 Å². The maximum absolute atomic E-state index is 11.2. The Morgan fingerprint density at radius 1 is 1.40 bits per heavy atom. The van der Waals surface area contributed by atoms with Crippen molar-refractivity contribution in [1.82, 2.24) is 4.98 Å². The number of anilines is 1. The average Bonchev–Trinajstić information content (AvgIpc) is 2.27. The number of nitriles is 1. The van der Waals surface area contributed by atoms with E-state index in [1.54, 1.807) is 13.1 Å². The number of benzene rings is 1. The van der Waals surface area contributed by atoms with E-state index in [2.05, 4.69) is 10.3 Å². The maximum atomic E-state index is 11.2. The molecule has 1 aromatic carbocycles. The van der Waals surface area contributed by atoms with Crippen molar-refractivity contribution in [3.63, 3.8) is 0 Å². The lowest BCUT2D eigenvalue weighted by Gasteiger charge is -2.03. The number of nitrogens with one attached hydrogen (secondary N) is 2. The molecule has 2 N–H and O–H groups in total. The first-order valence-electron chi connectivity index (χ1n) is 4.49. The number of fused-ring (bicyclic) bond motifs is 1. The highest BCUT2D eigenvalue weighted by molar-refractivity contribution is 5.87. The van der Waals surface area contributed by atoms with Gasteiger partial charge in [0.25, 0.3) is 0 Å². The van der Waals surface area contributed by atoms with Crippen molar-refractivity contribution in [2.75, 3.05) is 12.4 Å². The van der Waals surface area contributed by atoms with E-state index in [1.165, 1.54) is 6.07 Å². The minimum absolute atomic E-state index is 0.253. The molecule has 0 amide bonds. The summed E-state index contributed by atoms with van der Waals surface area (Å²) >= 11 is 0. The Kier molecular flexibility index (Phi) is 2.14. The van der Waals surface area contributed by atoms with Gasteiger partial charge in [-0.25, -0.2) is 0 Å². The lowest BCUT2D eigenvalue weighted by molar-refractivity contribution is 1.29. The predicted molar refractivity (Wildman–Crippen MR) is 58.8 cm³/mol. The number of aromatic nitrogens is 1. The smallest absolute Gasteiger partial charge is 0.249 e. The standard InChI is InChI=1S/C11H9N3O/c1-13-8-2-3-10-9(5-8)7(6-12)4-11(15)14-10/h2-5,13H,1H3,(H,14,15). The molecule has 1 heterocycles. The quantitative estimate of drug-likeness (QED) is 0.730. The molecular formula is C11H9N3O. The first kappa shape index (κ1) is 9.28. The molecule has 2 aromatic rings. The van der Waals surface area contributed by atoms with E-state index in [0.717, 1.165) is 11.1 Å². The van der Waals surface area contributed by atoms with Crippen LogP contribution in [0.25, 0.3) is 10.9 Å². The first-order valence-corrected chi connectivity index (χ1v) is 4.49. The number of rotatable bonds is 1. The Hall–Kier alpha value is -2.28. The normalized spacial score (nSPS) is 9.87. The third-order valence-electron chi connectivity index (χ3n) is 2.25. The second kappa shape index (κ2) is 3.46. The van der Waals surface area contributed by atoms with Crippen LogP contribution in [0.4, 0.5) is 5.69 Å². The number of hydrogen-bond donors (Lipinski definition) is 2. The molecule has 0 atom stereocenters. The van der Waals surface area contributed by atoms with E-state index in [-0.39, 0.29) is 5.56 Å². The molecular weight excluding hydrogens is 190 g/mol. The number of pyridine rings is 1. The monoisotopic (exact) mass is 199 g/mol. The Morgan fingerprint density at radius 2 is 2.20 bits per heavy atom. The first-order chi connectivity index (χ1) is 7.24. The SMILES string of the molecule is CNc1ccc2[nH]c(=O)cc(C#N)c2c1. The van der Waals surface area contributed by atoms with Crippen LogP contribution in [0, 0.1) is 11.3 Å². The van der Waals surface area contributed by atoms with Crippen molar-refractivity contribution in [1.29, 1.82) is 5.26 Å². The number of nitrogens with zero attached hydrogens (tertiary/aromatic N) is 1. The molecule has 0 saturated heterocycles. The lowest BCUT2D eigenvalue weighted by atomic mass is 10.1. The molecule has 0 radical (unpaired) electrons. The Balaban J connectivity index is 2.87. The van der Waals surface area contributed by atoms with Crippen molar-refractivity contribution in [2.24, 2.45) is 0 Å². The fourth-order valence-corrected chi connectivity index (χ4v) is 1.50. The predicted octanol–water partition coefficient (Wildman–Crippen LogP) is 1.44. The van der Waals surface area contributed by atoms with Crippen LogP contribution in [0.5, 0.6) is 0 Å². The van der Waals surface area contributed by atoms with Gasteiger partial charge in [0.1, 0.15) is 6.07 Å². The fraction of sp³-hybridized carbons (Fsp3) is 0.0909. The van der Waals surface area contributed by atoms with Crippen molar-refractivity contribution in [2.45, 2.75) is 0 Å². The summed E-state index contributed by atoms with van der Waals surface area (Å²) in [6.07, 6.45) is 0. The van der Waals surface area contributed by atoms with Crippen LogP contribution in [0.2, 0.25) is 0 Å². The molecule has 1 aromatic heterocycles. The van der Waals surface area contributed by atoms with E-state index >= 15 is 0 Å². The molecule has 0 spiro atoms. The van der Waals surface area contributed by atoms with Crippen LogP contribution >= 0.6 is 0 Å². The zero-order valence-corrected chi connectivity index (χ0v) is 8.16. The third kappa shape index (κ3) is 1.55. The van der Waals surface area contributed by atoms with Gasteiger partial charge in [-0.1, -0.05) is 0 Å². The Bertz CT molecular complexity index is 607. The van der Waals surface area contributed by atoms with Gasteiger partial charge in [0, 0.05) is 29.7 Å². The zero-order valence-electron chi connectivity index (χ0n) is 8.16. The summed E-state index contributed by atoms with van der Waals surface area (Å²) in [7, 11) is 1.80. The van der Waals surface area contributed by atoms with Crippen molar-refractivity contribution in [3.8, 4) is 6.07 Å². The fourth-order valence-electron chi connectivity index (χ4n) is 1.50. The molecule has 0 aliphatic rings. The van der Waals surface area contributed by atoms with Crippen LogP contribution in [0.3, 0.4) is 0 Å². The second-order valence-electron chi connectivity index (χ2n) is 3.17. The molecule has 0 aliphatic carbocycles. The molecule has 2 rings (SSSR count). The summed E-state index contributed by atoms with van der Waals surface area (Å²) in [4.78, 5) is 13.9. The largest absolute Gasteiger partial charge is 0.388 e. The highest BCUT2D eigenvalue weighted by Gasteiger charge is 2.03. The van der Waals surface area contributed by atoms with Crippen molar-refractivity contribution >= 4 is 16.6 Å². The molecule has 74 valence electrons. The van der Waals surface area contributed by atoms with Crippen LogP contribution in [-0.2, 0) is 0 Å². The van der Waals surface area contributed by atoms with Crippen LogP contribution in [-0.4, -0.2) is 12.0 Å². The molecule has 0 unspecified atom stereocenters. The third-order valence-corrected chi connectivity index (χ3v) is 2.25. The van der Waals surface area contributed by atoms with Gasteiger partial charge < -0.3 is 10.3 Å². The van der Waals surface area contributed by atoms with Gasteiger partial charge in [-0.2, -0.15) is 5.26 Å². The topological polar surface area (TPSA) is 68.7 Å². The molecule has 0 aliphatic heterocycles. The van der Waals surface area contributed by atoms with Gasteiger partial charge in [-0.3, -0.25) is 4.79 Å². The van der Waals surface area contributed by atoms with Gasteiger partial charge in [0.05, 0.1) is 5.56 Å². The van der Waals surface area contributed by atoms with Crippen LogP contribution < -0.4 is 10.9 Å². The van der Waals surface area contributed by atoms with Gasteiger partial charge in [0.2, 0.25) is 5.56 Å². The zero-order chi connectivity index (χ0) is 10.8. The Labute approximate surface area is 86.2 Å². The summed E-state index contributed by atoms with van der Waals surface area (Å²) in [6, 6.07) is 8.79. The van der Waals surface area contributed by atoms with Crippen LogP contribution in [0.1, 0.15) is 5.56 Å². The molecule has 4 heteroatoms. The van der Waals surface area contributed by atoms with Gasteiger partial charge in [0.15, 0.2) is 0 Å². The van der Waals surface area contributed by atoms with E-state index in [0.29, 0.717) is 11.1 Å². The van der Waals surface area contributed by atoms with Gasteiger partial charge in [-0.15, -0.1) is 0 Å². The number of hydrogen-bond acceptors (Lipinski definition) is 3. The maximum Gasteiger partial charge on any atom is 0.249 e. The van der Waals surface area contributed by atoms with Crippen molar-refractivity contribution < 1.29 is 0 Å². The molecule has 0 fully saturated rings. The van der Waals surface area contributed by atoms with Crippen molar-refractivity contribution in [3.05, 3.63) is 40.2 Å². The molecule has 0 saturated carbocycles. The summed E-state index contributed by atoms with van der Waals surface area (Å²) < 4.78 is 0. The summed E-state index contributed by atoms with van der Waals surface area (Å²) in [5.74, 6) is 0. The minimum atomic E-state index is -0.253. The van der Waals surface area contributed by atoms with E-state index in [1.807, 2.05) is 18.2 Å². The van der Waals surface area contributed by atoms with Crippen LogP contribution in [0.15, 0.2) is 29.1 Å². The van der Waals surface area contributed by atoms with Gasteiger partial charge >= 0.3 is 0 Å². The summed E-state index contributed by atoms with van der Waals surface area (Å²) in [5, 5.41) is 12.6. The lowest BCUT2D eigenvalue weighted by Crippen LogP contribution is -2.05. The Morgan fingerprint density at radius 3 is 2.87 bits per heavy atom. The molecule has 15 heavy (non-hydrogen) atoms. The van der Waals surface area contributed by atoms with E-state index in [4.69, 9.17) is 5.26 Å². The second-order valence-corrected chi connectivity index (χ2v) is 3.17. The molecule has 4 nitrogen and oxygen atoms in total. The van der Waals surface area contributed by atoms with E-state index < -0.39 is 0 Å². The minimum Gasteiger partial charge on any atom is -0.388 e. The summed E-state index contributed by atoms with van der Waals surface area (Å²) in [6.45, 7) is 0.